The first-order valence-corrected chi connectivity index (χ1v) is 21.0. The molecule has 2 heterocycles. The molecular formula is C57H48N2O. The van der Waals surface area contributed by atoms with Gasteiger partial charge in [0, 0.05) is 33.3 Å². The highest BCUT2D eigenvalue weighted by Crippen LogP contribution is 2.53. The number of carbonyl (C=O) groups is 1. The standard InChI is InChI=1S/C57H48N2O/c1-37-23-25-41(26-24-37)55(60)46-36-44(39-27-31-42(32-28-39)58-51-19-11-7-15-47(51)56(3,4)48-16-8-12-20-52(48)58)38(2)35-45(46)40-29-33-43(34-30-40)59-53-21-13-9-17-49(53)57(5,6)50-18-10-14-22-54(50)59/h7-36H,1-6H3. The summed E-state index contributed by atoms with van der Waals surface area (Å²) in [6, 6.07) is 64.8. The molecule has 60 heavy (non-hydrogen) atoms. The fourth-order valence-corrected chi connectivity index (χ4v) is 9.78. The molecule has 0 saturated heterocycles. The largest absolute Gasteiger partial charge is 0.310 e. The van der Waals surface area contributed by atoms with Gasteiger partial charge in [-0.2, -0.15) is 0 Å². The summed E-state index contributed by atoms with van der Waals surface area (Å²) in [5.41, 5.74) is 19.6. The van der Waals surface area contributed by atoms with Crippen molar-refractivity contribution in [3.05, 3.63) is 226 Å². The molecule has 2 aliphatic rings. The number of hydrogen-bond acceptors (Lipinski definition) is 3. The highest BCUT2D eigenvalue weighted by atomic mass is 16.1. The van der Waals surface area contributed by atoms with Gasteiger partial charge in [-0.25, -0.2) is 0 Å². The molecule has 10 rings (SSSR count). The van der Waals surface area contributed by atoms with E-state index in [1.807, 2.05) is 24.3 Å². The van der Waals surface area contributed by atoms with Crippen molar-refractivity contribution in [1.29, 1.82) is 0 Å². The van der Waals surface area contributed by atoms with Crippen molar-refractivity contribution in [1.82, 2.24) is 0 Å². The molecule has 0 unspecified atom stereocenters. The predicted molar refractivity (Wildman–Crippen MR) is 250 cm³/mol. The zero-order chi connectivity index (χ0) is 41.3. The van der Waals surface area contributed by atoms with Gasteiger partial charge in [0.05, 0.1) is 22.7 Å². The van der Waals surface area contributed by atoms with Gasteiger partial charge in [0.1, 0.15) is 0 Å². The van der Waals surface area contributed by atoms with Gasteiger partial charge in [0.2, 0.25) is 0 Å². The zero-order valence-electron chi connectivity index (χ0n) is 35.1. The van der Waals surface area contributed by atoms with Gasteiger partial charge in [-0.3, -0.25) is 4.79 Å². The maximum atomic E-state index is 14.6. The predicted octanol–water partition coefficient (Wildman–Crippen LogP) is 15.1. The Kier molecular flexibility index (Phi) is 8.77. The lowest BCUT2D eigenvalue weighted by Crippen LogP contribution is -2.30. The lowest BCUT2D eigenvalue weighted by atomic mass is 9.73. The Balaban J connectivity index is 1.06. The van der Waals surface area contributed by atoms with E-state index in [1.54, 1.807) is 0 Å². The molecule has 292 valence electrons. The molecule has 0 fully saturated rings. The summed E-state index contributed by atoms with van der Waals surface area (Å²) < 4.78 is 0. The van der Waals surface area contributed by atoms with Crippen molar-refractivity contribution < 1.29 is 4.79 Å². The lowest BCUT2D eigenvalue weighted by Gasteiger charge is -2.42. The molecule has 0 aromatic heterocycles. The first kappa shape index (κ1) is 37.3. The van der Waals surface area contributed by atoms with Gasteiger partial charge in [-0.1, -0.05) is 161 Å². The van der Waals surface area contributed by atoms with E-state index in [0.717, 1.165) is 44.8 Å². The van der Waals surface area contributed by atoms with Crippen molar-refractivity contribution >= 4 is 39.9 Å². The van der Waals surface area contributed by atoms with Crippen LogP contribution in [0.1, 0.15) is 77.0 Å². The molecule has 3 nitrogen and oxygen atoms in total. The Morgan fingerprint density at radius 2 is 0.783 bits per heavy atom. The normalized spacial score (nSPS) is 14.4. The van der Waals surface area contributed by atoms with Crippen LogP contribution in [0.15, 0.2) is 182 Å². The van der Waals surface area contributed by atoms with Crippen LogP contribution in [0, 0.1) is 13.8 Å². The number of fused-ring (bicyclic) bond motifs is 4. The van der Waals surface area contributed by atoms with E-state index in [9.17, 15) is 4.79 Å². The molecule has 0 N–H and O–H groups in total. The van der Waals surface area contributed by atoms with Crippen molar-refractivity contribution in [2.75, 3.05) is 9.80 Å². The third-order valence-electron chi connectivity index (χ3n) is 13.1. The van der Waals surface area contributed by atoms with Crippen LogP contribution in [0.4, 0.5) is 34.1 Å². The number of ketones is 1. The van der Waals surface area contributed by atoms with E-state index in [1.165, 1.54) is 45.0 Å². The minimum Gasteiger partial charge on any atom is -0.310 e. The average Bonchev–Trinajstić information content (AvgIpc) is 3.27. The molecule has 0 spiro atoms. The number of nitrogens with zero attached hydrogens (tertiary/aromatic N) is 2. The highest BCUT2D eigenvalue weighted by Gasteiger charge is 2.38. The van der Waals surface area contributed by atoms with Gasteiger partial charge >= 0.3 is 0 Å². The summed E-state index contributed by atoms with van der Waals surface area (Å²) in [5, 5.41) is 0. The number of benzene rings is 8. The van der Waals surface area contributed by atoms with Crippen molar-refractivity contribution in [3.8, 4) is 22.3 Å². The van der Waals surface area contributed by atoms with E-state index >= 15 is 0 Å². The van der Waals surface area contributed by atoms with Gasteiger partial charge in [-0.15, -0.1) is 0 Å². The molecule has 0 bridgehead atoms. The van der Waals surface area contributed by atoms with Crippen molar-refractivity contribution in [2.24, 2.45) is 0 Å². The molecule has 8 aromatic carbocycles. The van der Waals surface area contributed by atoms with Crippen molar-refractivity contribution in [2.45, 2.75) is 52.4 Å². The Hall–Kier alpha value is -6.97. The molecule has 0 radical (unpaired) electrons. The smallest absolute Gasteiger partial charge is 0.193 e. The second-order valence-electron chi connectivity index (χ2n) is 17.5. The van der Waals surface area contributed by atoms with Crippen LogP contribution in [0.2, 0.25) is 0 Å². The van der Waals surface area contributed by atoms with Crippen LogP contribution >= 0.6 is 0 Å². The highest BCUT2D eigenvalue weighted by molar-refractivity contribution is 6.14. The Morgan fingerprint density at radius 3 is 1.18 bits per heavy atom. The summed E-state index contributed by atoms with van der Waals surface area (Å²) in [4.78, 5) is 19.4. The summed E-state index contributed by atoms with van der Waals surface area (Å²) in [6.07, 6.45) is 0. The first-order chi connectivity index (χ1) is 29.0. The van der Waals surface area contributed by atoms with E-state index in [0.29, 0.717) is 11.1 Å². The molecule has 0 atom stereocenters. The van der Waals surface area contributed by atoms with Crippen LogP contribution in [-0.2, 0) is 10.8 Å². The van der Waals surface area contributed by atoms with Crippen LogP contribution in [0.3, 0.4) is 0 Å². The van der Waals surface area contributed by atoms with Crippen LogP contribution in [0.25, 0.3) is 22.3 Å². The number of aryl methyl sites for hydroxylation is 2. The third-order valence-corrected chi connectivity index (χ3v) is 13.1. The molecule has 8 aromatic rings. The number of hydrogen-bond donors (Lipinski definition) is 0. The molecule has 0 aliphatic carbocycles. The number of carbonyl (C=O) groups excluding carboxylic acids is 1. The first-order valence-electron chi connectivity index (χ1n) is 21.0. The van der Waals surface area contributed by atoms with Gasteiger partial charge < -0.3 is 9.80 Å². The quantitative estimate of drug-likeness (QED) is 0.157. The average molecular weight is 777 g/mol. The molecule has 3 heteroatoms. The fourth-order valence-electron chi connectivity index (χ4n) is 9.78. The summed E-state index contributed by atoms with van der Waals surface area (Å²) >= 11 is 0. The molecule has 2 aliphatic heterocycles. The fraction of sp³-hybridized carbons (Fsp3) is 0.140. The summed E-state index contributed by atoms with van der Waals surface area (Å²) in [5.74, 6) is 0.0113. The monoisotopic (exact) mass is 776 g/mol. The second-order valence-corrected chi connectivity index (χ2v) is 17.5. The van der Waals surface area contributed by atoms with Crippen molar-refractivity contribution in [3.63, 3.8) is 0 Å². The molecule has 0 saturated carbocycles. The van der Waals surface area contributed by atoms with Crippen LogP contribution in [0.5, 0.6) is 0 Å². The number of anilines is 6. The maximum absolute atomic E-state index is 14.6. The van der Waals surface area contributed by atoms with E-state index in [2.05, 4.69) is 209 Å². The minimum atomic E-state index is -0.129. The Morgan fingerprint density at radius 1 is 0.417 bits per heavy atom. The Bertz CT molecular complexity index is 2860. The third kappa shape index (κ3) is 5.91. The lowest BCUT2D eigenvalue weighted by molar-refractivity contribution is 0.103. The van der Waals surface area contributed by atoms with E-state index in [-0.39, 0.29) is 16.6 Å². The molecular weight excluding hydrogens is 729 g/mol. The van der Waals surface area contributed by atoms with Gasteiger partial charge in [0.25, 0.3) is 0 Å². The van der Waals surface area contributed by atoms with Crippen LogP contribution < -0.4 is 9.80 Å². The van der Waals surface area contributed by atoms with E-state index in [4.69, 9.17) is 0 Å². The number of para-hydroxylation sites is 4. The van der Waals surface area contributed by atoms with Gasteiger partial charge in [-0.05, 0) is 119 Å². The Labute approximate surface area is 354 Å². The van der Waals surface area contributed by atoms with Crippen LogP contribution in [-0.4, -0.2) is 5.78 Å². The summed E-state index contributed by atoms with van der Waals surface area (Å²) in [7, 11) is 0. The SMILES string of the molecule is Cc1ccc(C(=O)c2cc(-c3ccc(N4c5ccccc5C(C)(C)c5ccccc54)cc3)c(C)cc2-c2ccc(N3c4ccccc4C(C)(C)c4ccccc43)cc2)cc1. The topological polar surface area (TPSA) is 23.6 Å². The maximum Gasteiger partial charge on any atom is 0.193 e. The van der Waals surface area contributed by atoms with Gasteiger partial charge in [0.15, 0.2) is 5.78 Å². The zero-order valence-corrected chi connectivity index (χ0v) is 35.1. The minimum absolute atomic E-state index is 0.0113. The summed E-state index contributed by atoms with van der Waals surface area (Å²) in [6.45, 7) is 13.5. The number of rotatable bonds is 6. The van der Waals surface area contributed by atoms with E-state index < -0.39 is 0 Å². The second kappa shape index (κ2) is 14.1. The molecule has 0 amide bonds.